The van der Waals surface area contributed by atoms with Gasteiger partial charge in [-0.1, -0.05) is 49.2 Å². The molecule has 1 amide bonds. The average Bonchev–Trinajstić information content (AvgIpc) is 2.77. The summed E-state index contributed by atoms with van der Waals surface area (Å²) in [5, 5.41) is 0. The van der Waals surface area contributed by atoms with E-state index in [1.54, 1.807) is 0 Å². The summed E-state index contributed by atoms with van der Waals surface area (Å²) >= 11 is 0. The molecule has 170 valence electrons. The van der Waals surface area contributed by atoms with Gasteiger partial charge in [0.1, 0.15) is 18.0 Å². The Morgan fingerprint density at radius 3 is 2.69 bits per heavy atom. The van der Waals surface area contributed by atoms with Crippen molar-refractivity contribution in [1.29, 1.82) is 0 Å². The van der Waals surface area contributed by atoms with Crippen molar-refractivity contribution in [1.82, 2.24) is 4.90 Å². The topological polar surface area (TPSA) is 38.8 Å². The number of carbonyl (C=O) groups is 1. The number of piperidine rings is 1. The third-order valence-corrected chi connectivity index (χ3v) is 7.68. The Kier molecular flexibility index (Phi) is 5.43. The highest BCUT2D eigenvalue weighted by molar-refractivity contribution is 5.69. The van der Waals surface area contributed by atoms with Crippen LogP contribution in [-0.4, -0.2) is 29.2 Å². The minimum absolute atomic E-state index is 0.145. The maximum atomic E-state index is 13.1. The molecule has 4 nitrogen and oxygen atoms in total. The fourth-order valence-electron chi connectivity index (χ4n) is 6.36. The van der Waals surface area contributed by atoms with Gasteiger partial charge in [-0.25, -0.2) is 4.79 Å². The first kappa shape index (κ1) is 21.4. The van der Waals surface area contributed by atoms with Crippen LogP contribution in [0.1, 0.15) is 69.6 Å². The van der Waals surface area contributed by atoms with Crippen molar-refractivity contribution in [3.8, 4) is 5.75 Å². The highest BCUT2D eigenvalue weighted by Crippen LogP contribution is 2.56. The zero-order chi connectivity index (χ0) is 22.3. The van der Waals surface area contributed by atoms with Gasteiger partial charge in [0.15, 0.2) is 0 Å². The van der Waals surface area contributed by atoms with Crippen molar-refractivity contribution in [2.24, 2.45) is 5.92 Å². The van der Waals surface area contributed by atoms with Crippen molar-refractivity contribution >= 4 is 6.09 Å². The number of fused-ring (bicyclic) bond motifs is 1. The first-order valence-electron chi connectivity index (χ1n) is 12.2. The van der Waals surface area contributed by atoms with Gasteiger partial charge >= 0.3 is 6.09 Å². The zero-order valence-electron chi connectivity index (χ0n) is 19.6. The van der Waals surface area contributed by atoms with E-state index in [2.05, 4.69) is 42.5 Å². The van der Waals surface area contributed by atoms with E-state index in [1.165, 1.54) is 42.4 Å². The number of amides is 1. The minimum Gasteiger partial charge on any atom is -0.489 e. The van der Waals surface area contributed by atoms with Crippen LogP contribution in [0, 0.1) is 5.92 Å². The first-order chi connectivity index (χ1) is 15.4. The predicted molar refractivity (Wildman–Crippen MR) is 126 cm³/mol. The van der Waals surface area contributed by atoms with Gasteiger partial charge in [0.25, 0.3) is 0 Å². The molecule has 1 heterocycles. The Bertz CT molecular complexity index is 980. The molecule has 0 aromatic heterocycles. The molecule has 0 N–H and O–H groups in total. The average molecular weight is 434 g/mol. The van der Waals surface area contributed by atoms with Crippen molar-refractivity contribution in [2.45, 2.75) is 83.0 Å². The standard InChI is InChI=1S/C28H35NO3/c1-27(2,3)32-26(30)29-16-15-28-14-8-7-11-23(28)25(29)17-21-12-13-22(18-24(21)28)31-19-20-9-5-4-6-10-20/h4-6,9-10,12-13,18,23,25H,7-8,11,14-17,19H2,1-3H3. The molecule has 2 aliphatic carbocycles. The van der Waals surface area contributed by atoms with Crippen LogP contribution in [-0.2, 0) is 23.2 Å². The van der Waals surface area contributed by atoms with Crippen LogP contribution in [0.5, 0.6) is 5.75 Å². The molecular weight excluding hydrogens is 398 g/mol. The molecule has 2 fully saturated rings. The fraction of sp³-hybridized carbons (Fsp3) is 0.536. The monoisotopic (exact) mass is 433 g/mol. The summed E-state index contributed by atoms with van der Waals surface area (Å²) in [7, 11) is 0. The van der Waals surface area contributed by atoms with Gasteiger partial charge in [0, 0.05) is 18.0 Å². The van der Waals surface area contributed by atoms with E-state index in [-0.39, 0.29) is 17.6 Å². The number of ether oxygens (including phenoxy) is 2. The van der Waals surface area contributed by atoms with Crippen molar-refractivity contribution in [3.05, 3.63) is 65.2 Å². The molecule has 4 heteroatoms. The molecule has 2 aromatic carbocycles. The Morgan fingerprint density at radius 2 is 1.91 bits per heavy atom. The summed E-state index contributed by atoms with van der Waals surface area (Å²) < 4.78 is 12.0. The van der Waals surface area contributed by atoms with Gasteiger partial charge in [-0.05, 0) is 81.2 Å². The van der Waals surface area contributed by atoms with Gasteiger partial charge in [-0.15, -0.1) is 0 Å². The lowest BCUT2D eigenvalue weighted by Gasteiger charge is -2.58. The van der Waals surface area contributed by atoms with E-state index in [0.29, 0.717) is 12.5 Å². The lowest BCUT2D eigenvalue weighted by Crippen LogP contribution is -2.62. The molecule has 0 spiro atoms. The summed E-state index contributed by atoms with van der Waals surface area (Å²) in [5.74, 6) is 1.47. The van der Waals surface area contributed by atoms with Crippen molar-refractivity contribution in [2.75, 3.05) is 6.54 Å². The number of hydrogen-bond donors (Lipinski definition) is 0. The maximum absolute atomic E-state index is 13.1. The molecular formula is C28H35NO3. The smallest absolute Gasteiger partial charge is 0.410 e. The molecule has 2 aromatic rings. The predicted octanol–water partition coefficient (Wildman–Crippen LogP) is 6.26. The number of nitrogens with zero attached hydrogens (tertiary/aromatic N) is 1. The summed E-state index contributed by atoms with van der Waals surface area (Å²) in [4.78, 5) is 15.1. The van der Waals surface area contributed by atoms with Crippen LogP contribution in [0.3, 0.4) is 0 Å². The second kappa shape index (κ2) is 8.13. The number of carbonyl (C=O) groups excluding carboxylic acids is 1. The quantitative estimate of drug-likeness (QED) is 0.573. The van der Waals surface area contributed by atoms with Crippen LogP contribution >= 0.6 is 0 Å². The van der Waals surface area contributed by atoms with Gasteiger partial charge in [0.2, 0.25) is 0 Å². The van der Waals surface area contributed by atoms with Gasteiger partial charge in [-0.2, -0.15) is 0 Å². The molecule has 32 heavy (non-hydrogen) atoms. The Labute approximate surface area is 191 Å². The number of benzene rings is 2. The lowest BCUT2D eigenvalue weighted by molar-refractivity contribution is -0.0349. The Hall–Kier alpha value is -2.49. The van der Waals surface area contributed by atoms with E-state index in [0.717, 1.165) is 25.1 Å². The molecule has 1 saturated heterocycles. The third kappa shape index (κ3) is 3.89. The number of hydrogen-bond acceptors (Lipinski definition) is 3. The molecule has 1 saturated carbocycles. The molecule has 3 aliphatic rings. The third-order valence-electron chi connectivity index (χ3n) is 7.68. The normalized spacial score (nSPS) is 26.7. The van der Waals surface area contributed by atoms with E-state index in [9.17, 15) is 4.79 Å². The second-order valence-corrected chi connectivity index (χ2v) is 10.8. The van der Waals surface area contributed by atoms with Crippen LogP contribution in [0.4, 0.5) is 4.79 Å². The molecule has 5 rings (SSSR count). The SMILES string of the molecule is CC(C)(C)OC(=O)N1CCC23CCCCC2C1Cc1ccc(OCc2ccccc2)cc13. The maximum Gasteiger partial charge on any atom is 0.410 e. The minimum atomic E-state index is -0.463. The second-order valence-electron chi connectivity index (χ2n) is 10.8. The highest BCUT2D eigenvalue weighted by atomic mass is 16.6. The molecule has 3 atom stereocenters. The van der Waals surface area contributed by atoms with Crippen molar-refractivity contribution in [3.63, 3.8) is 0 Å². The van der Waals surface area contributed by atoms with E-state index in [1.807, 2.05) is 31.7 Å². The fourth-order valence-corrected chi connectivity index (χ4v) is 6.36. The van der Waals surface area contributed by atoms with Gasteiger partial charge in [0.05, 0.1) is 0 Å². The molecule has 1 aliphatic heterocycles. The Morgan fingerprint density at radius 1 is 1.09 bits per heavy atom. The Balaban J connectivity index is 1.43. The van der Waals surface area contributed by atoms with Gasteiger partial charge in [-0.3, -0.25) is 0 Å². The van der Waals surface area contributed by atoms with Crippen LogP contribution in [0.15, 0.2) is 48.5 Å². The number of likely N-dealkylation sites (tertiary alicyclic amines) is 1. The summed E-state index contributed by atoms with van der Waals surface area (Å²) in [6, 6.07) is 17.2. The van der Waals surface area contributed by atoms with E-state index < -0.39 is 5.60 Å². The van der Waals surface area contributed by atoms with Crippen LogP contribution < -0.4 is 4.74 Å². The van der Waals surface area contributed by atoms with Crippen LogP contribution in [0.2, 0.25) is 0 Å². The molecule has 2 bridgehead atoms. The van der Waals surface area contributed by atoms with Gasteiger partial charge < -0.3 is 14.4 Å². The first-order valence-corrected chi connectivity index (χ1v) is 12.2. The summed E-state index contributed by atoms with van der Waals surface area (Å²) in [6.07, 6.45) is 6.72. The van der Waals surface area contributed by atoms with Crippen molar-refractivity contribution < 1.29 is 14.3 Å². The summed E-state index contributed by atoms with van der Waals surface area (Å²) in [5.41, 5.74) is 3.75. The van der Waals surface area contributed by atoms with E-state index >= 15 is 0 Å². The van der Waals surface area contributed by atoms with Crippen LogP contribution in [0.25, 0.3) is 0 Å². The lowest BCUT2D eigenvalue weighted by atomic mass is 9.52. The molecule has 0 radical (unpaired) electrons. The van der Waals surface area contributed by atoms with E-state index in [4.69, 9.17) is 9.47 Å². The highest BCUT2D eigenvalue weighted by Gasteiger charge is 2.55. The summed E-state index contributed by atoms with van der Waals surface area (Å²) in [6.45, 7) is 7.22. The molecule has 3 unspecified atom stereocenters. The zero-order valence-corrected chi connectivity index (χ0v) is 19.6. The largest absolute Gasteiger partial charge is 0.489 e. The number of rotatable bonds is 3.